The van der Waals surface area contributed by atoms with Gasteiger partial charge in [-0.2, -0.15) is 0 Å². The van der Waals surface area contributed by atoms with Crippen LogP contribution >= 0.6 is 0 Å². The molecule has 1 aliphatic rings. The van der Waals surface area contributed by atoms with Gasteiger partial charge >= 0.3 is 17.9 Å². The van der Waals surface area contributed by atoms with Crippen LogP contribution in [0.15, 0.2) is 0 Å². The number of carboxylic acid groups (broad SMARTS) is 1. The van der Waals surface area contributed by atoms with Crippen molar-refractivity contribution in [1.82, 2.24) is 16.0 Å². The number of aliphatic carboxylic acids is 1. The lowest BCUT2D eigenvalue weighted by molar-refractivity contribution is -0.159. The molecular formula is C47H85N3O11. The van der Waals surface area contributed by atoms with Crippen molar-refractivity contribution in [2.45, 2.75) is 213 Å². The Morgan fingerprint density at radius 3 is 1.56 bits per heavy atom. The van der Waals surface area contributed by atoms with Gasteiger partial charge in [-0.1, -0.05) is 89.9 Å². The number of amides is 3. The number of carboxylic acids is 1. The average molecular weight is 868 g/mol. The SMILES string of the molecule is CC(C)(C)OC(=O)CCCCCCCCCCCCCCCCCCC(=O)NCC1CCC(C(=O)N[C@@H](CCC(=O)NCCOCCOCC(=O)O)C(=O)OC(C)(C)C)CC1. The van der Waals surface area contributed by atoms with Crippen molar-refractivity contribution < 1.29 is 52.8 Å². The minimum atomic E-state index is -1.06. The van der Waals surface area contributed by atoms with Gasteiger partial charge in [0.05, 0.1) is 19.8 Å². The number of carbonyl (C=O) groups excluding carboxylic acids is 5. The zero-order valence-corrected chi connectivity index (χ0v) is 39.0. The molecule has 0 heterocycles. The van der Waals surface area contributed by atoms with E-state index in [0.29, 0.717) is 38.1 Å². The van der Waals surface area contributed by atoms with E-state index in [1.54, 1.807) is 20.8 Å². The molecule has 0 aromatic carbocycles. The number of esters is 2. The van der Waals surface area contributed by atoms with E-state index in [2.05, 4.69) is 16.0 Å². The van der Waals surface area contributed by atoms with Gasteiger partial charge in [-0.15, -0.1) is 0 Å². The highest BCUT2D eigenvalue weighted by Gasteiger charge is 2.32. The number of hydrogen-bond acceptors (Lipinski definition) is 10. The number of rotatable bonds is 35. The molecule has 0 spiro atoms. The summed E-state index contributed by atoms with van der Waals surface area (Å²) in [6.07, 6.45) is 23.4. The highest BCUT2D eigenvalue weighted by molar-refractivity contribution is 5.86. The van der Waals surface area contributed by atoms with Crippen LogP contribution in [0.3, 0.4) is 0 Å². The second-order valence-corrected chi connectivity index (χ2v) is 18.8. The molecule has 3 amide bonds. The van der Waals surface area contributed by atoms with Gasteiger partial charge in [-0.05, 0) is 92.4 Å². The first kappa shape index (κ1) is 55.8. The van der Waals surface area contributed by atoms with Gasteiger partial charge in [0.1, 0.15) is 23.9 Å². The van der Waals surface area contributed by atoms with Crippen LogP contribution in [0.25, 0.3) is 0 Å². The zero-order chi connectivity index (χ0) is 45.4. The van der Waals surface area contributed by atoms with Crippen molar-refractivity contribution in [2.75, 3.05) is 39.5 Å². The lowest BCUT2D eigenvalue weighted by Gasteiger charge is -2.30. The van der Waals surface area contributed by atoms with Crippen LogP contribution in [-0.2, 0) is 47.7 Å². The Bertz CT molecular complexity index is 1240. The third-order valence-corrected chi connectivity index (χ3v) is 10.6. The molecule has 1 saturated carbocycles. The van der Waals surface area contributed by atoms with Crippen LogP contribution < -0.4 is 16.0 Å². The summed E-state index contributed by atoms with van der Waals surface area (Å²) in [5, 5.41) is 17.2. The number of nitrogens with one attached hydrogen (secondary N) is 3. The van der Waals surface area contributed by atoms with Gasteiger partial charge in [0.2, 0.25) is 17.7 Å². The fraction of sp³-hybridized carbons (Fsp3) is 0.872. The smallest absolute Gasteiger partial charge is 0.329 e. The van der Waals surface area contributed by atoms with Crippen LogP contribution in [0, 0.1) is 11.8 Å². The molecule has 61 heavy (non-hydrogen) atoms. The summed E-state index contributed by atoms with van der Waals surface area (Å²) in [4.78, 5) is 73.5. The summed E-state index contributed by atoms with van der Waals surface area (Å²) < 4.78 is 21.1. The Morgan fingerprint density at radius 1 is 0.574 bits per heavy atom. The molecule has 1 atom stereocenters. The van der Waals surface area contributed by atoms with Crippen molar-refractivity contribution >= 4 is 35.6 Å². The quantitative estimate of drug-likeness (QED) is 0.0355. The van der Waals surface area contributed by atoms with Crippen molar-refractivity contribution in [3.63, 3.8) is 0 Å². The van der Waals surface area contributed by atoms with E-state index < -0.39 is 35.8 Å². The third kappa shape index (κ3) is 34.0. The topological polar surface area (TPSA) is 196 Å². The van der Waals surface area contributed by atoms with E-state index in [1.807, 2.05) is 20.8 Å². The standard InChI is InChI=1S/C47H85N3O11/c1-46(2,3)60-43(55)24-22-20-18-16-14-12-10-8-7-9-11-13-15-17-19-21-23-40(51)49-35-37-25-27-38(28-26-37)44(56)50-39(45(57)61-47(4,5)6)29-30-41(52)48-31-32-58-33-34-59-36-42(53)54/h37-39H,7-36H2,1-6H3,(H,48,52)(H,49,51)(H,50,56)(H,53,54)/t37?,38?,39-/m0/s1. The summed E-state index contributed by atoms with van der Waals surface area (Å²) in [7, 11) is 0. The molecule has 14 nitrogen and oxygen atoms in total. The van der Waals surface area contributed by atoms with Crippen LogP contribution in [0.5, 0.6) is 0 Å². The number of ether oxygens (including phenoxy) is 4. The highest BCUT2D eigenvalue weighted by Crippen LogP contribution is 2.29. The van der Waals surface area contributed by atoms with E-state index >= 15 is 0 Å². The molecule has 0 aromatic heterocycles. The minimum Gasteiger partial charge on any atom is -0.480 e. The summed E-state index contributed by atoms with van der Waals surface area (Å²) in [6.45, 7) is 12.0. The molecule has 0 unspecified atom stereocenters. The largest absolute Gasteiger partial charge is 0.480 e. The van der Waals surface area contributed by atoms with Gasteiger partial charge in [-0.25, -0.2) is 9.59 Å². The van der Waals surface area contributed by atoms with Crippen LogP contribution in [-0.4, -0.2) is 97.5 Å². The third-order valence-electron chi connectivity index (χ3n) is 10.6. The fourth-order valence-corrected chi connectivity index (χ4v) is 7.31. The van der Waals surface area contributed by atoms with Crippen molar-refractivity contribution in [3.05, 3.63) is 0 Å². The zero-order valence-electron chi connectivity index (χ0n) is 39.0. The van der Waals surface area contributed by atoms with E-state index in [1.165, 1.54) is 77.0 Å². The maximum absolute atomic E-state index is 13.3. The number of carbonyl (C=O) groups is 6. The van der Waals surface area contributed by atoms with Gasteiger partial charge < -0.3 is 40.0 Å². The number of unbranched alkanes of at least 4 members (excludes halogenated alkanes) is 15. The molecule has 1 aliphatic carbocycles. The lowest BCUT2D eigenvalue weighted by atomic mass is 9.81. The predicted molar refractivity (Wildman–Crippen MR) is 237 cm³/mol. The molecule has 0 aromatic rings. The molecule has 354 valence electrons. The summed E-state index contributed by atoms with van der Waals surface area (Å²) in [5.74, 6) is -2.08. The van der Waals surface area contributed by atoms with Crippen LogP contribution in [0.2, 0.25) is 0 Å². The first-order valence-corrected chi connectivity index (χ1v) is 23.6. The number of hydrogen-bond donors (Lipinski definition) is 4. The normalized spacial score (nSPS) is 16.0. The molecule has 1 fully saturated rings. The average Bonchev–Trinajstić information content (AvgIpc) is 3.17. The molecule has 0 bridgehead atoms. The molecule has 0 radical (unpaired) electrons. The van der Waals surface area contributed by atoms with Gasteiger partial charge in [0.15, 0.2) is 0 Å². The monoisotopic (exact) mass is 868 g/mol. The first-order valence-electron chi connectivity index (χ1n) is 23.6. The van der Waals surface area contributed by atoms with E-state index in [4.69, 9.17) is 24.1 Å². The fourth-order valence-electron chi connectivity index (χ4n) is 7.31. The Hall–Kier alpha value is -3.26. The van der Waals surface area contributed by atoms with E-state index in [-0.39, 0.29) is 68.8 Å². The molecule has 4 N–H and O–H groups in total. The van der Waals surface area contributed by atoms with Gasteiger partial charge in [0, 0.05) is 38.3 Å². The van der Waals surface area contributed by atoms with Crippen molar-refractivity contribution in [1.29, 1.82) is 0 Å². The summed E-state index contributed by atoms with van der Waals surface area (Å²) in [5.41, 5.74) is -1.15. The van der Waals surface area contributed by atoms with E-state index in [0.717, 1.165) is 38.5 Å². The Morgan fingerprint density at radius 2 is 1.05 bits per heavy atom. The maximum Gasteiger partial charge on any atom is 0.329 e. The molecule has 14 heteroatoms. The maximum atomic E-state index is 13.3. The Labute approximate surface area is 367 Å². The van der Waals surface area contributed by atoms with Gasteiger partial charge in [-0.3, -0.25) is 19.2 Å². The summed E-state index contributed by atoms with van der Waals surface area (Å²) >= 11 is 0. The highest BCUT2D eigenvalue weighted by atomic mass is 16.6. The van der Waals surface area contributed by atoms with Crippen molar-refractivity contribution in [2.24, 2.45) is 11.8 Å². The second-order valence-electron chi connectivity index (χ2n) is 18.8. The molecule has 0 saturated heterocycles. The first-order chi connectivity index (χ1) is 28.9. The second kappa shape index (κ2) is 33.3. The summed E-state index contributed by atoms with van der Waals surface area (Å²) in [6, 6.07) is -0.962. The lowest BCUT2D eigenvalue weighted by Crippen LogP contribution is -2.47. The van der Waals surface area contributed by atoms with Gasteiger partial charge in [0.25, 0.3) is 0 Å². The van der Waals surface area contributed by atoms with Crippen LogP contribution in [0.4, 0.5) is 0 Å². The molecule has 0 aliphatic heterocycles. The molecular weight excluding hydrogens is 783 g/mol. The predicted octanol–water partition coefficient (Wildman–Crippen LogP) is 8.11. The van der Waals surface area contributed by atoms with E-state index in [9.17, 15) is 28.8 Å². The molecule has 1 rings (SSSR count). The minimum absolute atomic E-state index is 0.00369. The van der Waals surface area contributed by atoms with Crippen molar-refractivity contribution in [3.8, 4) is 0 Å². The Balaban J connectivity index is 2.12. The van der Waals surface area contributed by atoms with Crippen LogP contribution in [0.1, 0.15) is 196 Å². The Kier molecular flexibility index (Phi) is 30.5.